The van der Waals surface area contributed by atoms with E-state index >= 15 is 0 Å². The number of benzene rings is 1. The van der Waals surface area contributed by atoms with Crippen LogP contribution in [0.5, 0.6) is 11.5 Å². The van der Waals surface area contributed by atoms with E-state index in [1.54, 1.807) is 6.08 Å². The van der Waals surface area contributed by atoms with Crippen molar-refractivity contribution >= 4 is 12.0 Å². The summed E-state index contributed by atoms with van der Waals surface area (Å²) in [5.41, 5.74) is 0.958. The molecule has 0 saturated carbocycles. The molecule has 5 nitrogen and oxygen atoms in total. The average molecular weight is 299 g/mol. The fourth-order valence-corrected chi connectivity index (χ4v) is 2.15. The van der Waals surface area contributed by atoms with Crippen molar-refractivity contribution in [3.05, 3.63) is 53.5 Å². The van der Waals surface area contributed by atoms with Crippen LogP contribution in [0.15, 0.2) is 40.8 Å². The van der Waals surface area contributed by atoms with Crippen molar-refractivity contribution in [2.45, 2.75) is 13.5 Å². The number of ether oxygens (including phenoxy) is 2. The smallest absolute Gasteiger partial charge is 0.244 e. The molecule has 22 heavy (non-hydrogen) atoms. The van der Waals surface area contributed by atoms with Crippen LogP contribution in [0, 0.1) is 6.92 Å². The zero-order valence-corrected chi connectivity index (χ0v) is 12.3. The topological polar surface area (TPSA) is 60.7 Å². The van der Waals surface area contributed by atoms with Crippen molar-refractivity contribution in [1.82, 2.24) is 5.32 Å². The first-order valence-corrected chi connectivity index (χ1v) is 7.11. The molecule has 1 aliphatic heterocycles. The highest BCUT2D eigenvalue weighted by atomic mass is 16.6. The van der Waals surface area contributed by atoms with Crippen molar-refractivity contribution in [3.63, 3.8) is 0 Å². The molecule has 0 atom stereocenters. The van der Waals surface area contributed by atoms with Crippen LogP contribution in [-0.4, -0.2) is 19.1 Å². The van der Waals surface area contributed by atoms with Gasteiger partial charge in [0.1, 0.15) is 24.7 Å². The Hall–Kier alpha value is -2.69. The van der Waals surface area contributed by atoms with E-state index in [0.29, 0.717) is 25.5 Å². The van der Waals surface area contributed by atoms with E-state index in [1.807, 2.05) is 37.3 Å². The minimum Gasteiger partial charge on any atom is -0.486 e. The first-order valence-electron chi connectivity index (χ1n) is 7.11. The van der Waals surface area contributed by atoms with Crippen LogP contribution in [0.25, 0.3) is 6.08 Å². The summed E-state index contributed by atoms with van der Waals surface area (Å²) in [4.78, 5) is 11.8. The molecular weight excluding hydrogens is 282 g/mol. The van der Waals surface area contributed by atoms with Crippen LogP contribution in [0.2, 0.25) is 0 Å². The van der Waals surface area contributed by atoms with Crippen LogP contribution >= 0.6 is 0 Å². The summed E-state index contributed by atoms with van der Waals surface area (Å²) in [6.07, 6.45) is 3.10. The summed E-state index contributed by atoms with van der Waals surface area (Å²) in [6.45, 7) is 3.41. The van der Waals surface area contributed by atoms with Crippen LogP contribution in [-0.2, 0) is 11.3 Å². The number of carbonyl (C=O) groups excluding carboxylic acids is 1. The van der Waals surface area contributed by atoms with Crippen molar-refractivity contribution in [2.24, 2.45) is 0 Å². The summed E-state index contributed by atoms with van der Waals surface area (Å²) in [7, 11) is 0. The molecular formula is C17H17NO4. The number of hydrogen-bond donors (Lipinski definition) is 1. The molecule has 0 aliphatic carbocycles. The minimum absolute atomic E-state index is 0.177. The van der Waals surface area contributed by atoms with Gasteiger partial charge in [-0.05, 0) is 42.8 Å². The second kappa shape index (κ2) is 6.39. The van der Waals surface area contributed by atoms with E-state index in [0.717, 1.165) is 22.8 Å². The standard InChI is InChI=1S/C17H17NO4/c1-12-2-4-14(22-12)5-7-17(19)18-11-13-3-6-15-16(10-13)21-9-8-20-15/h2-7,10H,8-9,11H2,1H3,(H,18,19)/b7-5+. The van der Waals surface area contributed by atoms with Crippen molar-refractivity contribution < 1.29 is 18.7 Å². The van der Waals surface area contributed by atoms with Crippen LogP contribution in [0.3, 0.4) is 0 Å². The molecule has 114 valence electrons. The maximum Gasteiger partial charge on any atom is 0.244 e. The summed E-state index contributed by atoms with van der Waals surface area (Å²) in [5.74, 6) is 2.77. The summed E-state index contributed by atoms with van der Waals surface area (Å²) < 4.78 is 16.3. The molecule has 5 heteroatoms. The van der Waals surface area contributed by atoms with Gasteiger partial charge in [-0.3, -0.25) is 4.79 Å². The number of amides is 1. The number of nitrogens with one attached hydrogen (secondary N) is 1. The van der Waals surface area contributed by atoms with E-state index in [4.69, 9.17) is 13.9 Å². The summed E-state index contributed by atoms with van der Waals surface area (Å²) in [6, 6.07) is 9.33. The monoisotopic (exact) mass is 299 g/mol. The predicted molar refractivity (Wildman–Crippen MR) is 81.8 cm³/mol. The van der Waals surface area contributed by atoms with E-state index in [9.17, 15) is 4.79 Å². The lowest BCUT2D eigenvalue weighted by Crippen LogP contribution is -2.20. The second-order valence-electron chi connectivity index (χ2n) is 4.98. The van der Waals surface area contributed by atoms with E-state index < -0.39 is 0 Å². The Morgan fingerprint density at radius 2 is 2.00 bits per heavy atom. The lowest BCUT2D eigenvalue weighted by molar-refractivity contribution is -0.116. The van der Waals surface area contributed by atoms with Gasteiger partial charge in [0.05, 0.1) is 0 Å². The number of carbonyl (C=O) groups is 1. The molecule has 0 bridgehead atoms. The van der Waals surface area contributed by atoms with Gasteiger partial charge >= 0.3 is 0 Å². The molecule has 0 saturated heterocycles. The Morgan fingerprint density at radius 3 is 2.77 bits per heavy atom. The highest BCUT2D eigenvalue weighted by Crippen LogP contribution is 2.30. The fraction of sp³-hybridized carbons (Fsp3) is 0.235. The SMILES string of the molecule is Cc1ccc(/C=C/C(=O)NCc2ccc3c(c2)OCCO3)o1. The summed E-state index contributed by atoms with van der Waals surface area (Å²) in [5, 5.41) is 2.82. The summed E-state index contributed by atoms with van der Waals surface area (Å²) >= 11 is 0. The molecule has 1 aromatic carbocycles. The van der Waals surface area contributed by atoms with Gasteiger partial charge in [0.15, 0.2) is 11.5 Å². The third-order valence-electron chi connectivity index (χ3n) is 3.23. The van der Waals surface area contributed by atoms with Gasteiger partial charge in [-0.25, -0.2) is 0 Å². The average Bonchev–Trinajstić information content (AvgIpc) is 2.96. The molecule has 0 unspecified atom stereocenters. The third kappa shape index (κ3) is 3.49. The first kappa shape index (κ1) is 14.3. The quantitative estimate of drug-likeness (QED) is 0.882. The Labute approximate surface area is 128 Å². The molecule has 2 aromatic rings. The van der Waals surface area contributed by atoms with E-state index in [-0.39, 0.29) is 5.91 Å². The minimum atomic E-state index is -0.177. The number of rotatable bonds is 4. The highest BCUT2D eigenvalue weighted by molar-refractivity contribution is 5.91. The lowest BCUT2D eigenvalue weighted by atomic mass is 10.2. The molecule has 0 fully saturated rings. The molecule has 1 aliphatic rings. The maximum absolute atomic E-state index is 11.8. The largest absolute Gasteiger partial charge is 0.486 e. The zero-order valence-electron chi connectivity index (χ0n) is 12.3. The van der Waals surface area contributed by atoms with Gasteiger partial charge in [0.2, 0.25) is 5.91 Å². The number of aryl methyl sites for hydroxylation is 1. The molecule has 3 rings (SSSR count). The third-order valence-corrected chi connectivity index (χ3v) is 3.23. The predicted octanol–water partition coefficient (Wildman–Crippen LogP) is 2.69. The van der Waals surface area contributed by atoms with Gasteiger partial charge < -0.3 is 19.2 Å². The lowest BCUT2D eigenvalue weighted by Gasteiger charge is -2.18. The maximum atomic E-state index is 11.8. The Morgan fingerprint density at radius 1 is 1.18 bits per heavy atom. The van der Waals surface area contributed by atoms with Gasteiger partial charge in [-0.2, -0.15) is 0 Å². The Kier molecular flexibility index (Phi) is 4.14. The molecule has 1 aromatic heterocycles. The van der Waals surface area contributed by atoms with Crippen LogP contribution in [0.1, 0.15) is 17.1 Å². The number of furan rings is 1. The van der Waals surface area contributed by atoms with E-state index in [2.05, 4.69) is 5.32 Å². The zero-order chi connectivity index (χ0) is 15.4. The van der Waals surface area contributed by atoms with Gasteiger partial charge in [-0.1, -0.05) is 6.07 Å². The normalized spacial score (nSPS) is 13.3. The van der Waals surface area contributed by atoms with Crippen molar-refractivity contribution in [2.75, 3.05) is 13.2 Å². The van der Waals surface area contributed by atoms with Crippen LogP contribution in [0.4, 0.5) is 0 Å². The molecule has 1 amide bonds. The van der Waals surface area contributed by atoms with Crippen LogP contribution < -0.4 is 14.8 Å². The first-order chi connectivity index (χ1) is 10.7. The number of fused-ring (bicyclic) bond motifs is 1. The fourth-order valence-electron chi connectivity index (χ4n) is 2.15. The molecule has 1 N–H and O–H groups in total. The van der Waals surface area contributed by atoms with Gasteiger partial charge in [0, 0.05) is 12.6 Å². The molecule has 0 spiro atoms. The Balaban J connectivity index is 1.55. The number of hydrogen-bond acceptors (Lipinski definition) is 4. The van der Waals surface area contributed by atoms with E-state index in [1.165, 1.54) is 6.08 Å². The molecule has 2 heterocycles. The molecule has 0 radical (unpaired) electrons. The Bertz CT molecular complexity index is 702. The van der Waals surface area contributed by atoms with Gasteiger partial charge in [0.25, 0.3) is 0 Å². The second-order valence-corrected chi connectivity index (χ2v) is 4.98. The van der Waals surface area contributed by atoms with Crippen molar-refractivity contribution in [3.8, 4) is 11.5 Å². The van der Waals surface area contributed by atoms with Crippen molar-refractivity contribution in [1.29, 1.82) is 0 Å². The highest BCUT2D eigenvalue weighted by Gasteiger charge is 2.11. The van der Waals surface area contributed by atoms with Gasteiger partial charge in [-0.15, -0.1) is 0 Å².